The Balaban J connectivity index is 2.16. The van der Waals surface area contributed by atoms with Crippen LogP contribution in [0.2, 0.25) is 0 Å². The maximum Gasteiger partial charge on any atom is 0.185 e. The summed E-state index contributed by atoms with van der Waals surface area (Å²) in [7, 11) is 2.00. The topological polar surface area (TPSA) is 28.2 Å². The molecule has 0 bridgehead atoms. The van der Waals surface area contributed by atoms with Gasteiger partial charge in [-0.25, -0.2) is 4.98 Å². The Labute approximate surface area is 108 Å². The quantitative estimate of drug-likeness (QED) is 0.893. The highest BCUT2D eigenvalue weighted by molar-refractivity contribution is 7.15. The van der Waals surface area contributed by atoms with Gasteiger partial charge in [-0.3, -0.25) is 0 Å². The van der Waals surface area contributed by atoms with E-state index in [0.29, 0.717) is 0 Å². The van der Waals surface area contributed by atoms with Gasteiger partial charge in [0.25, 0.3) is 0 Å². The lowest BCUT2D eigenvalue weighted by atomic mass is 10.0. The Morgan fingerprint density at radius 2 is 2.00 bits per heavy atom. The van der Waals surface area contributed by atoms with E-state index >= 15 is 0 Å². The first-order valence-electron chi connectivity index (χ1n) is 6.53. The summed E-state index contributed by atoms with van der Waals surface area (Å²) in [5, 5.41) is 4.46. The van der Waals surface area contributed by atoms with Crippen LogP contribution in [0.1, 0.15) is 31.3 Å². The minimum absolute atomic E-state index is 0.789. The second-order valence-corrected chi connectivity index (χ2v) is 6.17. The average molecular weight is 253 g/mol. The van der Waals surface area contributed by atoms with Gasteiger partial charge in [0.05, 0.1) is 5.69 Å². The van der Waals surface area contributed by atoms with Crippen LogP contribution in [0, 0.1) is 11.8 Å². The maximum absolute atomic E-state index is 4.80. The van der Waals surface area contributed by atoms with Crippen molar-refractivity contribution in [3.8, 4) is 0 Å². The molecule has 2 atom stereocenters. The molecule has 1 aliphatic rings. The molecular formula is C13H23N3S. The number of aryl methyl sites for hydroxylation is 1. The van der Waals surface area contributed by atoms with Crippen molar-refractivity contribution in [2.45, 2.75) is 33.7 Å². The number of hydrogen-bond donors (Lipinski definition) is 1. The molecule has 1 saturated heterocycles. The fourth-order valence-corrected chi connectivity index (χ4v) is 3.54. The number of nitrogens with one attached hydrogen (secondary N) is 1. The summed E-state index contributed by atoms with van der Waals surface area (Å²) >= 11 is 1.86. The predicted molar refractivity (Wildman–Crippen MR) is 74.8 cm³/mol. The molecule has 3 nitrogen and oxygen atoms in total. The third-order valence-electron chi connectivity index (χ3n) is 3.70. The van der Waals surface area contributed by atoms with Crippen molar-refractivity contribution >= 4 is 16.5 Å². The lowest BCUT2D eigenvalue weighted by molar-refractivity contribution is 0.494. The Morgan fingerprint density at radius 3 is 2.53 bits per heavy atom. The fraction of sp³-hybridized carbons (Fsp3) is 0.769. The van der Waals surface area contributed by atoms with Crippen LogP contribution in [0.5, 0.6) is 0 Å². The van der Waals surface area contributed by atoms with E-state index in [9.17, 15) is 0 Å². The monoisotopic (exact) mass is 253 g/mol. The Morgan fingerprint density at radius 1 is 1.35 bits per heavy atom. The minimum atomic E-state index is 0.789. The van der Waals surface area contributed by atoms with Crippen molar-refractivity contribution in [3.05, 3.63) is 10.6 Å². The molecule has 0 saturated carbocycles. The zero-order valence-corrected chi connectivity index (χ0v) is 12.1. The van der Waals surface area contributed by atoms with Gasteiger partial charge in [-0.1, -0.05) is 20.8 Å². The summed E-state index contributed by atoms with van der Waals surface area (Å²) in [6, 6.07) is 0. The Bertz CT molecular complexity index is 365. The highest BCUT2D eigenvalue weighted by Gasteiger charge is 2.28. The number of rotatable bonds is 4. The highest BCUT2D eigenvalue weighted by Crippen LogP contribution is 2.32. The maximum atomic E-state index is 4.80. The van der Waals surface area contributed by atoms with Crippen molar-refractivity contribution in [2.24, 2.45) is 11.8 Å². The van der Waals surface area contributed by atoms with Gasteiger partial charge in [-0.05, 0) is 25.3 Å². The molecule has 2 rings (SSSR count). The molecule has 2 unspecified atom stereocenters. The van der Waals surface area contributed by atoms with Crippen LogP contribution in [0.3, 0.4) is 0 Å². The predicted octanol–water partition coefficient (Wildman–Crippen LogP) is 2.52. The number of anilines is 1. The van der Waals surface area contributed by atoms with Crippen LogP contribution in [-0.4, -0.2) is 25.1 Å². The zero-order valence-electron chi connectivity index (χ0n) is 11.3. The summed E-state index contributed by atoms with van der Waals surface area (Å²) in [6.45, 7) is 10.1. The van der Waals surface area contributed by atoms with Crippen molar-refractivity contribution < 1.29 is 0 Å². The minimum Gasteiger partial charge on any atom is -0.348 e. The van der Waals surface area contributed by atoms with E-state index in [1.807, 2.05) is 18.4 Å². The van der Waals surface area contributed by atoms with Gasteiger partial charge in [-0.2, -0.15) is 0 Å². The van der Waals surface area contributed by atoms with Crippen LogP contribution >= 0.6 is 11.3 Å². The van der Waals surface area contributed by atoms with Gasteiger partial charge in [0.15, 0.2) is 5.13 Å². The Kier molecular flexibility index (Phi) is 4.05. The molecule has 96 valence electrons. The number of aromatic nitrogens is 1. The molecule has 4 heteroatoms. The largest absolute Gasteiger partial charge is 0.348 e. The van der Waals surface area contributed by atoms with Gasteiger partial charge in [0.1, 0.15) is 0 Å². The first kappa shape index (κ1) is 12.8. The van der Waals surface area contributed by atoms with Crippen molar-refractivity contribution in [2.75, 3.05) is 25.0 Å². The SMILES string of the molecule is CCc1nc(N2CC(C)C(C)C2)sc1CNC. The molecule has 1 fully saturated rings. The molecule has 0 aromatic carbocycles. The van der Waals surface area contributed by atoms with Gasteiger partial charge < -0.3 is 10.2 Å². The normalized spacial score (nSPS) is 24.6. The Hall–Kier alpha value is -0.610. The molecule has 0 aliphatic carbocycles. The molecule has 0 spiro atoms. The summed E-state index contributed by atoms with van der Waals surface area (Å²) in [5.41, 5.74) is 1.27. The molecule has 1 aliphatic heterocycles. The van der Waals surface area contributed by atoms with Crippen LogP contribution < -0.4 is 10.2 Å². The lowest BCUT2D eigenvalue weighted by Crippen LogP contribution is -2.19. The summed E-state index contributed by atoms with van der Waals surface area (Å²) in [4.78, 5) is 8.66. The standard InChI is InChI=1S/C13H23N3S/c1-5-11-12(6-14-4)17-13(15-11)16-7-9(2)10(3)8-16/h9-10,14H,5-8H2,1-4H3. The molecule has 2 heterocycles. The van der Waals surface area contributed by atoms with Crippen LogP contribution in [0.25, 0.3) is 0 Å². The van der Waals surface area contributed by atoms with E-state index in [1.54, 1.807) is 0 Å². The van der Waals surface area contributed by atoms with E-state index in [1.165, 1.54) is 15.7 Å². The smallest absolute Gasteiger partial charge is 0.185 e. The number of thiazole rings is 1. The molecular weight excluding hydrogens is 230 g/mol. The first-order chi connectivity index (χ1) is 8.15. The molecule has 17 heavy (non-hydrogen) atoms. The second kappa shape index (κ2) is 5.36. The van der Waals surface area contributed by atoms with E-state index in [0.717, 1.165) is 37.9 Å². The fourth-order valence-electron chi connectivity index (χ4n) is 2.37. The van der Waals surface area contributed by atoms with Gasteiger partial charge in [0.2, 0.25) is 0 Å². The van der Waals surface area contributed by atoms with Crippen LogP contribution in [0.15, 0.2) is 0 Å². The van der Waals surface area contributed by atoms with E-state index in [4.69, 9.17) is 4.98 Å². The molecule has 1 N–H and O–H groups in total. The highest BCUT2D eigenvalue weighted by atomic mass is 32.1. The molecule has 0 amide bonds. The second-order valence-electron chi connectivity index (χ2n) is 5.11. The van der Waals surface area contributed by atoms with Gasteiger partial charge in [-0.15, -0.1) is 11.3 Å². The van der Waals surface area contributed by atoms with Gasteiger partial charge >= 0.3 is 0 Å². The summed E-state index contributed by atoms with van der Waals surface area (Å²) < 4.78 is 0. The van der Waals surface area contributed by atoms with Gasteiger partial charge in [0, 0.05) is 24.5 Å². The number of nitrogens with zero attached hydrogens (tertiary/aromatic N) is 2. The summed E-state index contributed by atoms with van der Waals surface area (Å²) in [6.07, 6.45) is 1.03. The third-order valence-corrected chi connectivity index (χ3v) is 4.86. The molecule has 1 aromatic heterocycles. The van der Waals surface area contributed by atoms with Crippen molar-refractivity contribution in [3.63, 3.8) is 0 Å². The molecule has 0 radical (unpaired) electrons. The average Bonchev–Trinajstić information content (AvgIpc) is 2.84. The van der Waals surface area contributed by atoms with Crippen molar-refractivity contribution in [1.82, 2.24) is 10.3 Å². The van der Waals surface area contributed by atoms with Crippen molar-refractivity contribution in [1.29, 1.82) is 0 Å². The lowest BCUT2D eigenvalue weighted by Gasteiger charge is -2.13. The third kappa shape index (κ3) is 2.63. The summed E-state index contributed by atoms with van der Waals surface area (Å²) in [5.74, 6) is 1.58. The zero-order chi connectivity index (χ0) is 12.4. The van der Waals surface area contributed by atoms with E-state index < -0.39 is 0 Å². The van der Waals surface area contributed by atoms with Crippen LogP contribution in [-0.2, 0) is 13.0 Å². The molecule has 1 aromatic rings. The van der Waals surface area contributed by atoms with Crippen LogP contribution in [0.4, 0.5) is 5.13 Å². The first-order valence-corrected chi connectivity index (χ1v) is 7.35. The number of hydrogen-bond acceptors (Lipinski definition) is 4. The van der Waals surface area contributed by atoms with E-state index in [-0.39, 0.29) is 0 Å². The van der Waals surface area contributed by atoms with E-state index in [2.05, 4.69) is 31.0 Å².